The molecule has 4 heteroatoms. The topological polar surface area (TPSA) is 37.3 Å². The van der Waals surface area contributed by atoms with Gasteiger partial charge in [0.1, 0.15) is 0 Å². The van der Waals surface area contributed by atoms with Crippen molar-refractivity contribution in [3.8, 4) is 0 Å². The lowest BCUT2D eigenvalue weighted by atomic mass is 9.98. The van der Waals surface area contributed by atoms with Gasteiger partial charge in [-0.05, 0) is 12.8 Å². The first-order valence-corrected chi connectivity index (χ1v) is 6.65. The average Bonchev–Trinajstić information content (AvgIpc) is 2.51. The second-order valence-corrected chi connectivity index (χ2v) is 5.71. The Kier molecular flexibility index (Phi) is 4.29. The maximum absolute atomic E-state index is 10.9. The van der Waals surface area contributed by atoms with Crippen molar-refractivity contribution < 1.29 is 9.90 Å². The van der Waals surface area contributed by atoms with Crippen LogP contribution in [0.1, 0.15) is 26.2 Å². The van der Waals surface area contributed by atoms with Crippen LogP contribution in [0.4, 0.5) is 0 Å². The highest BCUT2D eigenvalue weighted by Gasteiger charge is 2.30. The van der Waals surface area contributed by atoms with Crippen LogP contribution >= 0.6 is 21.6 Å². The highest BCUT2D eigenvalue weighted by atomic mass is 33.1. The average molecular weight is 206 g/mol. The van der Waals surface area contributed by atoms with Crippen molar-refractivity contribution in [2.75, 3.05) is 5.75 Å². The van der Waals surface area contributed by atoms with E-state index in [9.17, 15) is 4.79 Å². The predicted molar refractivity (Wildman–Crippen MR) is 54.5 cm³/mol. The number of hydrogen-bond acceptors (Lipinski definition) is 3. The Labute approximate surface area is 80.9 Å². The van der Waals surface area contributed by atoms with Gasteiger partial charge in [0, 0.05) is 11.0 Å². The third-order valence-corrected chi connectivity index (χ3v) is 5.04. The molecule has 1 saturated heterocycles. The minimum Gasteiger partial charge on any atom is -0.481 e. The molecule has 1 heterocycles. The van der Waals surface area contributed by atoms with Gasteiger partial charge in [0.25, 0.3) is 0 Å². The molecule has 1 fully saturated rings. The number of carboxylic acids is 1. The molecule has 70 valence electrons. The zero-order valence-corrected chi connectivity index (χ0v) is 8.79. The van der Waals surface area contributed by atoms with Crippen molar-refractivity contribution >= 4 is 27.6 Å². The molecule has 1 N–H and O–H groups in total. The third-order valence-electron chi connectivity index (χ3n) is 2.04. The van der Waals surface area contributed by atoms with Gasteiger partial charge in [-0.3, -0.25) is 4.79 Å². The fourth-order valence-corrected chi connectivity index (χ4v) is 4.56. The van der Waals surface area contributed by atoms with Crippen molar-refractivity contribution in [2.45, 2.75) is 31.4 Å². The normalized spacial score (nSPS) is 25.6. The zero-order chi connectivity index (χ0) is 8.97. The number of carbonyl (C=O) groups is 1. The van der Waals surface area contributed by atoms with Crippen LogP contribution in [0.2, 0.25) is 0 Å². The molecule has 0 saturated carbocycles. The first kappa shape index (κ1) is 10.3. The second kappa shape index (κ2) is 5.02. The zero-order valence-electron chi connectivity index (χ0n) is 7.16. The molecule has 0 bridgehead atoms. The van der Waals surface area contributed by atoms with Crippen LogP contribution in [0, 0.1) is 5.92 Å². The molecule has 12 heavy (non-hydrogen) atoms. The largest absolute Gasteiger partial charge is 0.481 e. The van der Waals surface area contributed by atoms with Crippen molar-refractivity contribution in [1.82, 2.24) is 0 Å². The van der Waals surface area contributed by atoms with Crippen LogP contribution in [0.3, 0.4) is 0 Å². The van der Waals surface area contributed by atoms with Gasteiger partial charge >= 0.3 is 5.97 Å². The number of hydrogen-bond donors (Lipinski definition) is 1. The summed E-state index contributed by atoms with van der Waals surface area (Å²) in [5.74, 6) is 0.384. The minimum atomic E-state index is -0.614. The summed E-state index contributed by atoms with van der Waals surface area (Å²) < 4.78 is 0. The standard InChI is InChI=1S/C8H14O2S2/c1-2-3-6(8(9)10)7-4-5-11-12-7/h6-7H,2-5H2,1H3,(H,9,10)/t6?,7-/m1/s1. The van der Waals surface area contributed by atoms with Crippen molar-refractivity contribution in [3.63, 3.8) is 0 Å². The van der Waals surface area contributed by atoms with E-state index in [-0.39, 0.29) is 5.92 Å². The number of aliphatic carboxylic acids is 1. The van der Waals surface area contributed by atoms with Gasteiger partial charge in [-0.25, -0.2) is 0 Å². The van der Waals surface area contributed by atoms with Crippen LogP contribution in [0.5, 0.6) is 0 Å². The Bertz CT molecular complexity index is 155. The molecule has 0 aromatic carbocycles. The summed E-state index contributed by atoms with van der Waals surface area (Å²) in [4.78, 5) is 10.9. The summed E-state index contributed by atoms with van der Waals surface area (Å²) in [6.07, 6.45) is 2.86. The SMILES string of the molecule is CCCC(C(=O)O)[C@H]1CCSS1. The van der Waals surface area contributed by atoms with E-state index in [1.807, 2.05) is 17.7 Å². The molecular formula is C8H14O2S2. The van der Waals surface area contributed by atoms with Crippen molar-refractivity contribution in [1.29, 1.82) is 0 Å². The third kappa shape index (κ3) is 2.59. The molecule has 0 aromatic rings. The van der Waals surface area contributed by atoms with Crippen LogP contribution < -0.4 is 0 Å². The van der Waals surface area contributed by atoms with Gasteiger partial charge in [-0.15, -0.1) is 0 Å². The summed E-state index contributed by atoms with van der Waals surface area (Å²) in [5, 5.41) is 9.30. The van der Waals surface area contributed by atoms with Crippen molar-refractivity contribution in [2.24, 2.45) is 5.92 Å². The van der Waals surface area contributed by atoms with Gasteiger partial charge < -0.3 is 5.11 Å². The molecule has 0 amide bonds. The lowest BCUT2D eigenvalue weighted by Crippen LogP contribution is -2.23. The Morgan fingerprint density at radius 1 is 1.75 bits per heavy atom. The van der Waals surface area contributed by atoms with E-state index in [2.05, 4.69) is 0 Å². The van der Waals surface area contributed by atoms with Crippen LogP contribution in [0.25, 0.3) is 0 Å². The molecule has 0 aromatic heterocycles. The Morgan fingerprint density at radius 2 is 2.50 bits per heavy atom. The van der Waals surface area contributed by atoms with Crippen molar-refractivity contribution in [3.05, 3.63) is 0 Å². The monoisotopic (exact) mass is 206 g/mol. The second-order valence-electron chi connectivity index (χ2n) is 2.98. The quantitative estimate of drug-likeness (QED) is 0.717. The van der Waals surface area contributed by atoms with Gasteiger partial charge in [0.15, 0.2) is 0 Å². The fraction of sp³-hybridized carbons (Fsp3) is 0.875. The summed E-state index contributed by atoms with van der Waals surface area (Å²) in [6, 6.07) is 0. The maximum Gasteiger partial charge on any atom is 0.307 e. The van der Waals surface area contributed by atoms with Gasteiger partial charge in [0.2, 0.25) is 0 Å². The van der Waals surface area contributed by atoms with E-state index < -0.39 is 5.97 Å². The van der Waals surface area contributed by atoms with E-state index in [0.29, 0.717) is 5.25 Å². The maximum atomic E-state index is 10.9. The van der Waals surface area contributed by atoms with E-state index in [4.69, 9.17) is 5.11 Å². The van der Waals surface area contributed by atoms with Gasteiger partial charge in [0.05, 0.1) is 5.92 Å². The Balaban J connectivity index is 2.45. The number of rotatable bonds is 4. The lowest BCUT2D eigenvalue weighted by molar-refractivity contribution is -0.141. The summed E-state index contributed by atoms with van der Waals surface area (Å²) >= 11 is 0. The molecule has 1 aliphatic heterocycles. The highest BCUT2D eigenvalue weighted by molar-refractivity contribution is 8.77. The fourth-order valence-electron chi connectivity index (χ4n) is 1.40. The molecule has 2 atom stereocenters. The lowest BCUT2D eigenvalue weighted by Gasteiger charge is -2.16. The Hall–Kier alpha value is 0.170. The molecular weight excluding hydrogens is 192 g/mol. The molecule has 0 spiro atoms. The highest BCUT2D eigenvalue weighted by Crippen LogP contribution is 2.42. The first-order valence-electron chi connectivity index (χ1n) is 4.26. The molecule has 2 nitrogen and oxygen atoms in total. The van der Waals surface area contributed by atoms with Crippen LogP contribution in [0.15, 0.2) is 0 Å². The Morgan fingerprint density at radius 3 is 2.92 bits per heavy atom. The molecule has 1 unspecified atom stereocenters. The summed E-state index contributed by atoms with van der Waals surface area (Å²) in [5.41, 5.74) is 0. The predicted octanol–water partition coefficient (Wildman–Crippen LogP) is 2.64. The van der Waals surface area contributed by atoms with E-state index in [0.717, 1.165) is 25.0 Å². The van der Waals surface area contributed by atoms with Gasteiger partial charge in [-0.2, -0.15) is 0 Å². The van der Waals surface area contributed by atoms with E-state index in [1.165, 1.54) is 0 Å². The summed E-state index contributed by atoms with van der Waals surface area (Å²) in [6.45, 7) is 2.04. The molecule has 1 aliphatic rings. The van der Waals surface area contributed by atoms with Crippen LogP contribution in [-0.2, 0) is 4.79 Å². The minimum absolute atomic E-state index is 0.116. The molecule has 0 aliphatic carbocycles. The van der Waals surface area contributed by atoms with Crippen LogP contribution in [-0.4, -0.2) is 22.1 Å². The number of carboxylic acid groups (broad SMARTS) is 1. The smallest absolute Gasteiger partial charge is 0.307 e. The van der Waals surface area contributed by atoms with E-state index >= 15 is 0 Å². The molecule has 0 radical (unpaired) electrons. The summed E-state index contributed by atoms with van der Waals surface area (Å²) in [7, 11) is 3.56. The first-order chi connectivity index (χ1) is 5.75. The van der Waals surface area contributed by atoms with Gasteiger partial charge in [-0.1, -0.05) is 34.9 Å². The molecule has 1 rings (SSSR count). The van der Waals surface area contributed by atoms with E-state index in [1.54, 1.807) is 10.8 Å².